The van der Waals surface area contributed by atoms with Gasteiger partial charge in [0, 0.05) is 29.9 Å². The minimum absolute atomic E-state index is 0.147. The second-order valence-electron chi connectivity index (χ2n) is 7.19. The third-order valence-electron chi connectivity index (χ3n) is 5.02. The van der Waals surface area contributed by atoms with Crippen molar-refractivity contribution in [2.24, 2.45) is 0 Å². The van der Waals surface area contributed by atoms with Gasteiger partial charge in [0.2, 0.25) is 0 Å². The normalized spacial score (nSPS) is 14.8. The van der Waals surface area contributed by atoms with Crippen LogP contribution in [0, 0.1) is 10.1 Å². The average molecular weight is 481 g/mol. The summed E-state index contributed by atoms with van der Waals surface area (Å²) >= 11 is 6.62. The number of ether oxygens (including phenoxy) is 1. The number of hydrogen-bond acceptors (Lipinski definition) is 7. The first-order valence-electron chi connectivity index (χ1n) is 10.2. The number of hydrogen-bond donors (Lipinski definition) is 0. The lowest BCUT2D eigenvalue weighted by Gasteiger charge is -2.11. The molecule has 2 aromatic carbocycles. The van der Waals surface area contributed by atoms with E-state index in [1.54, 1.807) is 34.0 Å². The van der Waals surface area contributed by atoms with Gasteiger partial charge < -0.3 is 4.74 Å². The Labute approximate surface area is 200 Å². The number of thioether (sulfide) groups is 1. The van der Waals surface area contributed by atoms with Crippen LogP contribution in [0.3, 0.4) is 0 Å². The van der Waals surface area contributed by atoms with E-state index in [0.717, 1.165) is 12.1 Å². The Balaban J connectivity index is 1.85. The number of nitrogens with zero attached hydrogens (tertiary/aromatic N) is 4. The number of carbonyl (C=O) groups is 1. The Morgan fingerprint density at radius 3 is 2.67 bits per heavy atom. The van der Waals surface area contributed by atoms with E-state index in [2.05, 4.69) is 5.10 Å². The molecule has 0 bridgehead atoms. The molecule has 10 heteroatoms. The van der Waals surface area contributed by atoms with Crippen LogP contribution in [0.25, 0.3) is 23.0 Å². The zero-order valence-corrected chi connectivity index (χ0v) is 19.6. The van der Waals surface area contributed by atoms with Crippen LogP contribution in [0.5, 0.6) is 5.75 Å². The summed E-state index contributed by atoms with van der Waals surface area (Å²) in [5.74, 6) is 0.0131. The van der Waals surface area contributed by atoms with Gasteiger partial charge in [-0.15, -0.1) is 0 Å². The number of methoxy groups -OCH3 is 1. The van der Waals surface area contributed by atoms with E-state index in [9.17, 15) is 14.9 Å². The number of thiocarbonyl (C=S) groups is 1. The molecule has 0 atom stereocenters. The summed E-state index contributed by atoms with van der Waals surface area (Å²) in [6, 6.07) is 14.2. The number of aromatic nitrogens is 2. The molecule has 0 unspecified atom stereocenters. The number of rotatable bonds is 7. The molecule has 1 saturated heterocycles. The largest absolute Gasteiger partial charge is 0.490 e. The summed E-state index contributed by atoms with van der Waals surface area (Å²) in [6.45, 7) is 2.55. The molecule has 0 aliphatic carbocycles. The molecule has 0 saturated carbocycles. The zero-order valence-electron chi connectivity index (χ0n) is 17.9. The maximum atomic E-state index is 12.9. The molecule has 8 nitrogen and oxygen atoms in total. The van der Waals surface area contributed by atoms with Crippen LogP contribution in [0.1, 0.15) is 18.9 Å². The molecule has 168 valence electrons. The lowest BCUT2D eigenvalue weighted by molar-refractivity contribution is -0.385. The van der Waals surface area contributed by atoms with Crippen LogP contribution in [0.15, 0.2) is 59.6 Å². The first kappa shape index (κ1) is 22.7. The second kappa shape index (κ2) is 9.55. The van der Waals surface area contributed by atoms with E-state index in [-0.39, 0.29) is 17.3 Å². The van der Waals surface area contributed by atoms with Gasteiger partial charge >= 0.3 is 5.69 Å². The molecule has 0 radical (unpaired) electrons. The summed E-state index contributed by atoms with van der Waals surface area (Å²) in [4.78, 5) is 26.0. The molecule has 0 spiro atoms. The van der Waals surface area contributed by atoms with Crippen LogP contribution in [0.4, 0.5) is 5.69 Å². The van der Waals surface area contributed by atoms with Crippen molar-refractivity contribution in [3.8, 4) is 22.7 Å². The summed E-state index contributed by atoms with van der Waals surface area (Å²) in [7, 11) is 1.38. The van der Waals surface area contributed by atoms with Gasteiger partial charge in [0.05, 0.1) is 22.6 Å². The van der Waals surface area contributed by atoms with Crippen molar-refractivity contribution in [1.82, 2.24) is 14.7 Å². The molecule has 33 heavy (non-hydrogen) atoms. The van der Waals surface area contributed by atoms with Crippen LogP contribution in [0.2, 0.25) is 0 Å². The monoisotopic (exact) mass is 480 g/mol. The smallest absolute Gasteiger partial charge is 0.311 e. The number of para-hydroxylation sites is 1. The molecule has 1 fully saturated rings. The van der Waals surface area contributed by atoms with Gasteiger partial charge in [-0.05, 0) is 36.8 Å². The highest BCUT2D eigenvalue weighted by Crippen LogP contribution is 2.37. The molecule has 1 aliphatic heterocycles. The van der Waals surface area contributed by atoms with E-state index in [0.29, 0.717) is 32.6 Å². The fourth-order valence-electron chi connectivity index (χ4n) is 3.47. The summed E-state index contributed by atoms with van der Waals surface area (Å²) < 4.78 is 7.33. The van der Waals surface area contributed by atoms with Crippen molar-refractivity contribution < 1.29 is 14.5 Å². The minimum Gasteiger partial charge on any atom is -0.490 e. The summed E-state index contributed by atoms with van der Waals surface area (Å²) in [6.07, 6.45) is 4.34. The average Bonchev–Trinajstić information content (AvgIpc) is 3.36. The highest BCUT2D eigenvalue weighted by molar-refractivity contribution is 8.26. The van der Waals surface area contributed by atoms with Crippen molar-refractivity contribution in [1.29, 1.82) is 0 Å². The topological polar surface area (TPSA) is 90.5 Å². The lowest BCUT2D eigenvalue weighted by Crippen LogP contribution is -2.28. The predicted molar refractivity (Wildman–Crippen MR) is 132 cm³/mol. The molecule has 0 N–H and O–H groups in total. The van der Waals surface area contributed by atoms with Gasteiger partial charge in [0.15, 0.2) is 5.75 Å². The van der Waals surface area contributed by atoms with Crippen molar-refractivity contribution in [3.63, 3.8) is 0 Å². The molecular weight excluding hydrogens is 460 g/mol. The third kappa shape index (κ3) is 4.53. The fourth-order valence-corrected chi connectivity index (χ4v) is 4.77. The van der Waals surface area contributed by atoms with E-state index in [1.807, 2.05) is 37.3 Å². The first-order valence-corrected chi connectivity index (χ1v) is 11.4. The van der Waals surface area contributed by atoms with Crippen molar-refractivity contribution >= 4 is 46.0 Å². The second-order valence-corrected chi connectivity index (χ2v) is 8.87. The van der Waals surface area contributed by atoms with Gasteiger partial charge in [-0.25, -0.2) is 4.68 Å². The van der Waals surface area contributed by atoms with Crippen molar-refractivity contribution in [2.45, 2.75) is 13.3 Å². The first-order chi connectivity index (χ1) is 15.9. The van der Waals surface area contributed by atoms with Gasteiger partial charge in [0.25, 0.3) is 5.91 Å². The van der Waals surface area contributed by atoms with Crippen LogP contribution in [-0.4, -0.2) is 43.5 Å². The standard InChI is InChI=1S/C23H20N4O4S2/c1-3-11-25-22(28)20(33-23(25)32)13-16-14-26(17-7-5-4-6-8-17)24-21(16)15-9-10-19(31-2)18(12-15)27(29)30/h4-10,12-14H,3,11H2,1-2H3/b20-13+. The fraction of sp³-hybridized carbons (Fsp3) is 0.174. The number of nitro benzene ring substituents is 1. The molecule has 4 rings (SSSR count). The number of nitro groups is 1. The Morgan fingerprint density at radius 2 is 2.00 bits per heavy atom. The highest BCUT2D eigenvalue weighted by Gasteiger charge is 2.31. The highest BCUT2D eigenvalue weighted by atomic mass is 32.2. The van der Waals surface area contributed by atoms with E-state index in [1.165, 1.54) is 24.9 Å². The Bertz CT molecular complexity index is 1270. The Kier molecular flexibility index (Phi) is 6.57. The molecule has 1 amide bonds. The summed E-state index contributed by atoms with van der Waals surface area (Å²) in [5.41, 5.74) is 2.34. The molecule has 3 aromatic rings. The quantitative estimate of drug-likeness (QED) is 0.202. The molecular formula is C23H20N4O4S2. The minimum atomic E-state index is -0.494. The Morgan fingerprint density at radius 1 is 1.24 bits per heavy atom. The molecule has 1 aromatic heterocycles. The third-order valence-corrected chi connectivity index (χ3v) is 6.40. The Hall–Kier alpha value is -3.50. The summed E-state index contributed by atoms with van der Waals surface area (Å²) in [5, 5.41) is 16.2. The van der Waals surface area contributed by atoms with Gasteiger partial charge in [-0.2, -0.15) is 5.10 Å². The zero-order chi connectivity index (χ0) is 23.5. The van der Waals surface area contributed by atoms with Gasteiger partial charge in [0.1, 0.15) is 10.0 Å². The van der Waals surface area contributed by atoms with Crippen LogP contribution < -0.4 is 4.74 Å². The van der Waals surface area contributed by atoms with Gasteiger partial charge in [-0.1, -0.05) is 49.1 Å². The van der Waals surface area contributed by atoms with Gasteiger partial charge in [-0.3, -0.25) is 19.8 Å². The van der Waals surface area contributed by atoms with E-state index < -0.39 is 4.92 Å². The van der Waals surface area contributed by atoms with Crippen LogP contribution in [-0.2, 0) is 4.79 Å². The number of carbonyl (C=O) groups excluding carboxylic acids is 1. The number of benzene rings is 2. The maximum Gasteiger partial charge on any atom is 0.311 e. The molecule has 1 aliphatic rings. The van der Waals surface area contributed by atoms with E-state index in [4.69, 9.17) is 17.0 Å². The van der Waals surface area contributed by atoms with Crippen LogP contribution >= 0.6 is 24.0 Å². The predicted octanol–water partition coefficient (Wildman–Crippen LogP) is 5.07. The van der Waals surface area contributed by atoms with Crippen molar-refractivity contribution in [3.05, 3.63) is 75.3 Å². The van der Waals surface area contributed by atoms with E-state index >= 15 is 0 Å². The number of amides is 1. The molecule has 2 heterocycles. The lowest BCUT2D eigenvalue weighted by atomic mass is 10.1. The van der Waals surface area contributed by atoms with Crippen molar-refractivity contribution in [2.75, 3.05) is 13.7 Å². The SMILES string of the molecule is CCCN1C(=O)/C(=C\c2cn(-c3ccccc3)nc2-c2ccc(OC)c([N+](=O)[O-])c2)SC1=S. The maximum absolute atomic E-state index is 12.9.